The Morgan fingerprint density at radius 1 is 0.943 bits per heavy atom. The molecule has 0 spiro atoms. The molecule has 0 unspecified atom stereocenters. The van der Waals surface area contributed by atoms with Gasteiger partial charge >= 0.3 is 0 Å². The topological polar surface area (TPSA) is 63.0 Å². The van der Waals surface area contributed by atoms with Crippen molar-refractivity contribution in [2.75, 3.05) is 38.3 Å². The second-order valence-electron chi connectivity index (χ2n) is 8.86. The van der Waals surface area contributed by atoms with E-state index in [0.717, 1.165) is 43.1 Å². The average molecular weight is 469 g/mol. The van der Waals surface area contributed by atoms with E-state index in [4.69, 9.17) is 9.15 Å². The smallest absolute Gasteiger partial charge is 0.257 e. The predicted molar refractivity (Wildman–Crippen MR) is 138 cm³/mol. The first-order valence-electron chi connectivity index (χ1n) is 11.8. The minimum atomic E-state index is -0.195. The van der Waals surface area contributed by atoms with Crippen molar-refractivity contribution in [1.29, 1.82) is 0 Å². The Bertz CT molecular complexity index is 1400. The van der Waals surface area contributed by atoms with Crippen molar-refractivity contribution in [3.63, 3.8) is 0 Å². The van der Waals surface area contributed by atoms with Gasteiger partial charge in [0.1, 0.15) is 5.76 Å². The average Bonchev–Trinajstić information content (AvgIpc) is 2.91. The monoisotopic (exact) mass is 468 g/mol. The zero-order chi connectivity index (χ0) is 24.4. The quantitative estimate of drug-likeness (QED) is 0.418. The molecule has 35 heavy (non-hydrogen) atoms. The highest BCUT2D eigenvalue weighted by Gasteiger charge is 2.21. The molecule has 4 aromatic rings. The molecule has 0 bridgehead atoms. The van der Waals surface area contributed by atoms with Crippen LogP contribution >= 0.6 is 0 Å². The standard InChI is InChI=1S/C29H28N2O4/c1-20-26(32)24-9-6-10-25(28(24)35-27(20)22-7-4-3-5-8-22)29(33)30(2)19-21-11-13-23(14-12-21)31-15-17-34-18-16-31/h3-14H,15-19H2,1-2H3. The van der Waals surface area contributed by atoms with Crippen LogP contribution in [-0.2, 0) is 11.3 Å². The fourth-order valence-electron chi connectivity index (χ4n) is 4.53. The molecule has 1 saturated heterocycles. The second-order valence-corrected chi connectivity index (χ2v) is 8.86. The maximum atomic E-state index is 13.5. The van der Waals surface area contributed by atoms with Crippen molar-refractivity contribution in [1.82, 2.24) is 4.90 Å². The van der Waals surface area contributed by atoms with E-state index in [1.54, 1.807) is 37.1 Å². The summed E-state index contributed by atoms with van der Waals surface area (Å²) in [4.78, 5) is 30.5. The molecule has 5 rings (SSSR count). The van der Waals surface area contributed by atoms with E-state index in [1.807, 2.05) is 30.3 Å². The number of para-hydroxylation sites is 1. The first-order valence-corrected chi connectivity index (χ1v) is 11.8. The summed E-state index contributed by atoms with van der Waals surface area (Å²) in [6, 6.07) is 22.9. The zero-order valence-corrected chi connectivity index (χ0v) is 20.0. The molecule has 6 heteroatoms. The molecule has 0 atom stereocenters. The van der Waals surface area contributed by atoms with Crippen LogP contribution in [-0.4, -0.2) is 44.2 Å². The van der Waals surface area contributed by atoms with Crippen LogP contribution < -0.4 is 10.3 Å². The maximum absolute atomic E-state index is 13.5. The second kappa shape index (κ2) is 9.76. The first kappa shape index (κ1) is 22.9. The van der Waals surface area contributed by atoms with Crippen molar-refractivity contribution < 1.29 is 13.9 Å². The number of morpholine rings is 1. The van der Waals surface area contributed by atoms with Crippen molar-refractivity contribution in [2.45, 2.75) is 13.5 Å². The minimum absolute atomic E-state index is 0.124. The Morgan fingerprint density at radius 3 is 2.37 bits per heavy atom. The lowest BCUT2D eigenvalue weighted by Crippen LogP contribution is -2.36. The van der Waals surface area contributed by atoms with E-state index in [-0.39, 0.29) is 11.3 Å². The lowest BCUT2D eigenvalue weighted by atomic mass is 10.0. The Labute approximate surface area is 204 Å². The molecular weight excluding hydrogens is 440 g/mol. The van der Waals surface area contributed by atoms with Gasteiger partial charge in [-0.3, -0.25) is 9.59 Å². The molecule has 0 N–H and O–H groups in total. The van der Waals surface area contributed by atoms with E-state index < -0.39 is 0 Å². The van der Waals surface area contributed by atoms with Crippen LogP contribution in [0.4, 0.5) is 5.69 Å². The van der Waals surface area contributed by atoms with Crippen LogP contribution in [0.15, 0.2) is 82.0 Å². The Morgan fingerprint density at radius 2 is 1.66 bits per heavy atom. The molecular formula is C29H28N2O4. The molecule has 0 saturated carbocycles. The summed E-state index contributed by atoms with van der Waals surface area (Å²) in [6.07, 6.45) is 0. The van der Waals surface area contributed by atoms with Crippen LogP contribution in [0.3, 0.4) is 0 Å². The Kier molecular flexibility index (Phi) is 6.38. The third-order valence-corrected chi connectivity index (χ3v) is 6.49. The lowest BCUT2D eigenvalue weighted by molar-refractivity contribution is 0.0786. The molecule has 0 aliphatic carbocycles. The van der Waals surface area contributed by atoms with E-state index in [2.05, 4.69) is 29.2 Å². The fraction of sp³-hybridized carbons (Fsp3) is 0.241. The largest absolute Gasteiger partial charge is 0.455 e. The molecule has 1 fully saturated rings. The summed E-state index contributed by atoms with van der Waals surface area (Å²) in [7, 11) is 1.77. The minimum Gasteiger partial charge on any atom is -0.455 e. The highest BCUT2D eigenvalue weighted by atomic mass is 16.5. The summed E-state index contributed by atoms with van der Waals surface area (Å²) in [5, 5.41) is 0.413. The molecule has 1 amide bonds. The fourth-order valence-corrected chi connectivity index (χ4v) is 4.53. The number of hydrogen-bond donors (Lipinski definition) is 0. The van der Waals surface area contributed by atoms with Crippen LogP contribution in [0.25, 0.3) is 22.3 Å². The molecule has 1 aliphatic heterocycles. The van der Waals surface area contributed by atoms with Gasteiger partial charge in [0.05, 0.1) is 24.2 Å². The van der Waals surface area contributed by atoms with Gasteiger partial charge in [-0.25, -0.2) is 0 Å². The number of anilines is 1. The maximum Gasteiger partial charge on any atom is 0.257 e. The molecule has 6 nitrogen and oxygen atoms in total. The van der Waals surface area contributed by atoms with Crippen molar-refractivity contribution in [3.05, 3.63) is 99.7 Å². The predicted octanol–water partition coefficient (Wildman–Crippen LogP) is 4.88. The summed E-state index contributed by atoms with van der Waals surface area (Å²) in [5.74, 6) is 0.295. The number of carbonyl (C=O) groups is 1. The van der Waals surface area contributed by atoms with Gasteiger partial charge in [0.25, 0.3) is 5.91 Å². The third kappa shape index (κ3) is 4.57. The first-order chi connectivity index (χ1) is 17.0. The summed E-state index contributed by atoms with van der Waals surface area (Å²) < 4.78 is 11.7. The van der Waals surface area contributed by atoms with Crippen molar-refractivity contribution >= 4 is 22.6 Å². The van der Waals surface area contributed by atoms with Crippen LogP contribution in [0.5, 0.6) is 0 Å². The van der Waals surface area contributed by atoms with Crippen LogP contribution in [0, 0.1) is 6.92 Å². The number of fused-ring (bicyclic) bond motifs is 1. The SMILES string of the molecule is Cc1c(-c2ccccc2)oc2c(C(=O)N(C)Cc3ccc(N4CCOCC4)cc3)cccc2c1=O. The number of benzene rings is 3. The van der Waals surface area contributed by atoms with E-state index in [0.29, 0.717) is 34.4 Å². The molecule has 178 valence electrons. The number of ether oxygens (including phenoxy) is 1. The van der Waals surface area contributed by atoms with Gasteiger partial charge in [-0.05, 0) is 36.8 Å². The van der Waals surface area contributed by atoms with Gasteiger partial charge in [-0.1, -0.05) is 48.5 Å². The normalized spacial score (nSPS) is 13.7. The van der Waals surface area contributed by atoms with Gasteiger partial charge in [0.15, 0.2) is 11.0 Å². The van der Waals surface area contributed by atoms with Crippen molar-refractivity contribution in [3.8, 4) is 11.3 Å². The molecule has 2 heterocycles. The van der Waals surface area contributed by atoms with Gasteiger partial charge in [0, 0.05) is 43.5 Å². The molecule has 0 radical (unpaired) electrons. The lowest BCUT2D eigenvalue weighted by Gasteiger charge is -2.29. The van der Waals surface area contributed by atoms with Crippen molar-refractivity contribution in [2.24, 2.45) is 0 Å². The molecule has 3 aromatic carbocycles. The summed E-state index contributed by atoms with van der Waals surface area (Å²) >= 11 is 0. The van der Waals surface area contributed by atoms with Crippen LogP contribution in [0.2, 0.25) is 0 Å². The van der Waals surface area contributed by atoms with Gasteiger partial charge in [0.2, 0.25) is 0 Å². The molecule has 1 aliphatic rings. The molecule has 1 aromatic heterocycles. The van der Waals surface area contributed by atoms with E-state index >= 15 is 0 Å². The number of nitrogens with zero attached hydrogens (tertiary/aromatic N) is 2. The Balaban J connectivity index is 1.43. The van der Waals surface area contributed by atoms with Gasteiger partial charge in [-0.2, -0.15) is 0 Å². The van der Waals surface area contributed by atoms with E-state index in [1.165, 1.54) is 0 Å². The highest BCUT2D eigenvalue weighted by molar-refractivity contribution is 6.05. The van der Waals surface area contributed by atoms with Crippen LogP contribution in [0.1, 0.15) is 21.5 Å². The van der Waals surface area contributed by atoms with E-state index in [9.17, 15) is 9.59 Å². The number of rotatable bonds is 5. The number of carbonyl (C=O) groups excluding carboxylic acids is 1. The van der Waals surface area contributed by atoms with Gasteiger partial charge in [-0.15, -0.1) is 0 Å². The van der Waals surface area contributed by atoms with Gasteiger partial charge < -0.3 is 19.0 Å². The summed E-state index contributed by atoms with van der Waals surface area (Å²) in [5.41, 5.74) is 4.10. The third-order valence-electron chi connectivity index (χ3n) is 6.49. The summed E-state index contributed by atoms with van der Waals surface area (Å²) in [6.45, 7) is 5.45. The number of amides is 1. The zero-order valence-electron chi connectivity index (χ0n) is 20.0. The Hall–Kier alpha value is -3.90. The number of hydrogen-bond acceptors (Lipinski definition) is 5. The highest BCUT2D eigenvalue weighted by Crippen LogP contribution is 2.28.